The number of hydrogen-bond donors (Lipinski definition) is 1. The summed E-state index contributed by atoms with van der Waals surface area (Å²) in [5, 5.41) is 3.04. The van der Waals surface area contributed by atoms with E-state index >= 15 is 0 Å². The molecule has 0 fully saturated rings. The van der Waals surface area contributed by atoms with Gasteiger partial charge in [0, 0.05) is 5.69 Å². The Morgan fingerprint density at radius 1 is 1.25 bits per heavy atom. The molecule has 1 atom stereocenters. The molecular weight excluding hydrogens is 324 g/mol. The van der Waals surface area contributed by atoms with E-state index in [9.17, 15) is 4.79 Å². The fourth-order valence-corrected chi connectivity index (χ4v) is 2.91. The number of fused-ring (bicyclic) bond motifs is 1. The number of carbonyl (C=O) groups is 1. The molecular formula is C18H18N2O3S. The smallest absolute Gasteiger partial charge is 0.257 e. The average molecular weight is 342 g/mol. The van der Waals surface area contributed by atoms with Crippen LogP contribution < -0.4 is 10.1 Å². The predicted molar refractivity (Wildman–Crippen MR) is 95.6 cm³/mol. The van der Waals surface area contributed by atoms with Crippen LogP contribution in [0.15, 0.2) is 58.2 Å². The zero-order chi connectivity index (χ0) is 16.9. The Balaban J connectivity index is 1.61. The lowest BCUT2D eigenvalue weighted by Gasteiger charge is -2.10. The fourth-order valence-electron chi connectivity index (χ4n) is 2.15. The zero-order valence-corrected chi connectivity index (χ0v) is 14.3. The molecule has 1 N–H and O–H groups in total. The van der Waals surface area contributed by atoms with E-state index in [0.29, 0.717) is 11.8 Å². The molecule has 6 heteroatoms. The van der Waals surface area contributed by atoms with Crippen molar-refractivity contribution >= 4 is 34.5 Å². The number of hydrogen-bond acceptors (Lipinski definition) is 5. The third-order valence-electron chi connectivity index (χ3n) is 3.35. The highest BCUT2D eigenvalue weighted by atomic mass is 32.2. The number of aromatic nitrogens is 1. The molecule has 2 aromatic carbocycles. The van der Waals surface area contributed by atoms with E-state index in [-0.39, 0.29) is 11.2 Å². The molecule has 124 valence electrons. The molecule has 1 amide bonds. The second-order valence-corrected chi connectivity index (χ2v) is 6.45. The van der Waals surface area contributed by atoms with E-state index in [4.69, 9.17) is 9.15 Å². The van der Waals surface area contributed by atoms with E-state index in [1.807, 2.05) is 62.4 Å². The Morgan fingerprint density at radius 3 is 2.71 bits per heavy atom. The van der Waals surface area contributed by atoms with Gasteiger partial charge in [-0.15, -0.1) is 0 Å². The normalized spacial score (nSPS) is 12.1. The highest BCUT2D eigenvalue weighted by Crippen LogP contribution is 2.27. The molecule has 5 nitrogen and oxygen atoms in total. The van der Waals surface area contributed by atoms with E-state index < -0.39 is 0 Å². The summed E-state index contributed by atoms with van der Waals surface area (Å²) in [5.41, 5.74) is 2.24. The Hall–Kier alpha value is -2.47. The molecule has 24 heavy (non-hydrogen) atoms. The van der Waals surface area contributed by atoms with Crippen molar-refractivity contribution in [3.63, 3.8) is 0 Å². The monoisotopic (exact) mass is 342 g/mol. The molecule has 0 aliphatic rings. The van der Waals surface area contributed by atoms with Gasteiger partial charge in [-0.2, -0.15) is 0 Å². The topological polar surface area (TPSA) is 64.4 Å². The number of ether oxygens (including phenoxy) is 1. The first kappa shape index (κ1) is 16.4. The van der Waals surface area contributed by atoms with Crippen LogP contribution in [0.2, 0.25) is 0 Å². The van der Waals surface area contributed by atoms with Crippen LogP contribution >= 0.6 is 11.8 Å². The summed E-state index contributed by atoms with van der Waals surface area (Å²) in [6.07, 6.45) is 0. The Labute approximate surface area is 144 Å². The Bertz CT molecular complexity index is 797. The van der Waals surface area contributed by atoms with Crippen LogP contribution in [0.4, 0.5) is 5.69 Å². The second kappa shape index (κ2) is 7.40. The molecule has 0 saturated carbocycles. The van der Waals surface area contributed by atoms with Crippen LogP contribution in [-0.2, 0) is 4.79 Å². The SMILES string of the molecule is CCOc1ccc(NC(=O)C(C)Sc2nc3ccccc3o2)cc1. The van der Waals surface area contributed by atoms with Gasteiger partial charge in [-0.05, 0) is 50.2 Å². The number of benzene rings is 2. The minimum atomic E-state index is -0.329. The minimum absolute atomic E-state index is 0.105. The quantitative estimate of drug-likeness (QED) is 0.675. The van der Waals surface area contributed by atoms with E-state index in [1.165, 1.54) is 11.8 Å². The summed E-state index contributed by atoms with van der Waals surface area (Å²) in [6.45, 7) is 4.37. The number of nitrogens with zero attached hydrogens (tertiary/aromatic N) is 1. The summed E-state index contributed by atoms with van der Waals surface area (Å²) >= 11 is 1.29. The lowest BCUT2D eigenvalue weighted by atomic mass is 10.3. The van der Waals surface area contributed by atoms with Gasteiger partial charge in [0.25, 0.3) is 5.22 Å². The predicted octanol–water partition coefficient (Wildman–Crippen LogP) is 4.35. The van der Waals surface area contributed by atoms with Crippen molar-refractivity contribution in [1.29, 1.82) is 0 Å². The maximum Gasteiger partial charge on any atom is 0.257 e. The molecule has 1 aromatic heterocycles. The van der Waals surface area contributed by atoms with Gasteiger partial charge in [-0.1, -0.05) is 23.9 Å². The van der Waals surface area contributed by atoms with E-state index in [1.54, 1.807) is 0 Å². The van der Waals surface area contributed by atoms with Gasteiger partial charge in [0.2, 0.25) is 5.91 Å². The summed E-state index contributed by atoms with van der Waals surface area (Å²) < 4.78 is 11.0. The molecule has 0 aliphatic carbocycles. The molecule has 3 rings (SSSR count). The first-order valence-electron chi connectivity index (χ1n) is 7.71. The molecule has 0 spiro atoms. The highest BCUT2D eigenvalue weighted by Gasteiger charge is 2.18. The van der Waals surface area contributed by atoms with Gasteiger partial charge in [0.15, 0.2) is 5.58 Å². The maximum atomic E-state index is 12.3. The van der Waals surface area contributed by atoms with Crippen LogP contribution in [0, 0.1) is 0 Å². The van der Waals surface area contributed by atoms with Gasteiger partial charge in [0.1, 0.15) is 11.3 Å². The van der Waals surface area contributed by atoms with Gasteiger partial charge < -0.3 is 14.5 Å². The van der Waals surface area contributed by atoms with Crippen molar-refractivity contribution < 1.29 is 13.9 Å². The fraction of sp³-hybridized carbons (Fsp3) is 0.222. The number of rotatable bonds is 6. The minimum Gasteiger partial charge on any atom is -0.494 e. The Morgan fingerprint density at radius 2 is 2.00 bits per heavy atom. The van der Waals surface area contributed by atoms with Crippen molar-refractivity contribution in [3.8, 4) is 5.75 Å². The number of carbonyl (C=O) groups excluding carboxylic acids is 1. The lowest BCUT2D eigenvalue weighted by molar-refractivity contribution is -0.115. The van der Waals surface area contributed by atoms with Crippen molar-refractivity contribution in [2.45, 2.75) is 24.3 Å². The van der Waals surface area contributed by atoms with Crippen LogP contribution in [-0.4, -0.2) is 22.7 Å². The van der Waals surface area contributed by atoms with Crippen LogP contribution in [0.5, 0.6) is 5.75 Å². The molecule has 1 unspecified atom stereocenters. The number of amides is 1. The van der Waals surface area contributed by atoms with E-state index in [2.05, 4.69) is 10.3 Å². The molecule has 3 aromatic rings. The largest absolute Gasteiger partial charge is 0.494 e. The molecule has 0 bridgehead atoms. The van der Waals surface area contributed by atoms with Gasteiger partial charge in [-0.3, -0.25) is 4.79 Å². The van der Waals surface area contributed by atoms with Crippen LogP contribution in [0.3, 0.4) is 0 Å². The average Bonchev–Trinajstić information content (AvgIpc) is 2.99. The summed E-state index contributed by atoms with van der Waals surface area (Å²) in [5.74, 6) is 0.677. The van der Waals surface area contributed by atoms with Gasteiger partial charge in [0.05, 0.1) is 11.9 Å². The third kappa shape index (κ3) is 3.89. The summed E-state index contributed by atoms with van der Waals surface area (Å²) in [6, 6.07) is 14.8. The number of thioether (sulfide) groups is 1. The number of para-hydroxylation sites is 2. The molecule has 0 saturated heterocycles. The Kier molecular flexibility index (Phi) is 5.05. The third-order valence-corrected chi connectivity index (χ3v) is 4.30. The van der Waals surface area contributed by atoms with Gasteiger partial charge in [-0.25, -0.2) is 4.98 Å². The van der Waals surface area contributed by atoms with Crippen molar-refractivity contribution in [2.24, 2.45) is 0 Å². The van der Waals surface area contributed by atoms with Crippen LogP contribution in [0.1, 0.15) is 13.8 Å². The summed E-state index contributed by atoms with van der Waals surface area (Å²) in [4.78, 5) is 16.7. The summed E-state index contributed by atoms with van der Waals surface area (Å²) in [7, 11) is 0. The molecule has 0 radical (unpaired) electrons. The van der Waals surface area contributed by atoms with Crippen molar-refractivity contribution in [1.82, 2.24) is 4.98 Å². The lowest BCUT2D eigenvalue weighted by Crippen LogP contribution is -2.22. The molecule has 1 heterocycles. The van der Waals surface area contributed by atoms with Crippen molar-refractivity contribution in [2.75, 3.05) is 11.9 Å². The zero-order valence-electron chi connectivity index (χ0n) is 13.5. The number of anilines is 1. The molecule has 0 aliphatic heterocycles. The second-order valence-electron chi connectivity index (χ2n) is 5.15. The highest BCUT2D eigenvalue weighted by molar-refractivity contribution is 8.00. The first-order chi connectivity index (χ1) is 11.7. The standard InChI is InChI=1S/C18H18N2O3S/c1-3-22-14-10-8-13(9-11-14)19-17(21)12(2)24-18-20-15-6-4-5-7-16(15)23-18/h4-12H,3H2,1-2H3,(H,19,21). The number of oxazole rings is 1. The van der Waals surface area contributed by atoms with Crippen LogP contribution in [0.25, 0.3) is 11.1 Å². The van der Waals surface area contributed by atoms with Gasteiger partial charge >= 0.3 is 0 Å². The maximum absolute atomic E-state index is 12.3. The number of nitrogens with one attached hydrogen (secondary N) is 1. The first-order valence-corrected chi connectivity index (χ1v) is 8.59. The van der Waals surface area contributed by atoms with E-state index in [0.717, 1.165) is 22.5 Å². The van der Waals surface area contributed by atoms with Crippen molar-refractivity contribution in [3.05, 3.63) is 48.5 Å².